The van der Waals surface area contributed by atoms with Crippen molar-refractivity contribution in [2.75, 3.05) is 0 Å². The normalized spacial score (nSPS) is 14.7. The Labute approximate surface area is 59.7 Å². The maximum Gasteiger partial charge on any atom is 0.381 e. The van der Waals surface area contributed by atoms with Gasteiger partial charge in [0.1, 0.15) is 0 Å². The number of rotatable bonds is 1. The lowest BCUT2D eigenvalue weighted by Crippen LogP contribution is -2.10. The Hall–Kier alpha value is -1.01. The molecule has 0 radical (unpaired) electrons. The summed E-state index contributed by atoms with van der Waals surface area (Å²) in [7, 11) is 0. The van der Waals surface area contributed by atoms with Crippen molar-refractivity contribution in [3.05, 3.63) is 0 Å². The van der Waals surface area contributed by atoms with Crippen LogP contribution in [0.1, 0.15) is 13.8 Å². The number of hydrogen-bond donors (Lipinski definition) is 2. The van der Waals surface area contributed by atoms with Crippen molar-refractivity contribution >= 4 is 5.97 Å². The van der Waals surface area contributed by atoms with Crippen LogP contribution in [0.25, 0.3) is 0 Å². The molecule has 0 aliphatic carbocycles. The third kappa shape index (κ3) is 3.93. The van der Waals surface area contributed by atoms with Crippen LogP contribution in [0.5, 0.6) is 0 Å². The lowest BCUT2D eigenvalue weighted by Gasteiger charge is -2.04. The number of aliphatic hydroxyl groups excluding tert-OH is 1. The van der Waals surface area contributed by atoms with Crippen LogP contribution in [0.2, 0.25) is 0 Å². The van der Waals surface area contributed by atoms with Gasteiger partial charge in [-0.3, -0.25) is 0 Å². The first-order valence-corrected chi connectivity index (χ1v) is 2.96. The van der Waals surface area contributed by atoms with Crippen LogP contribution < -0.4 is 0 Å². The summed E-state index contributed by atoms with van der Waals surface area (Å²) in [5, 5.41) is 16.9. The Morgan fingerprint density at radius 2 is 2.00 bits per heavy atom. The van der Waals surface area contributed by atoms with E-state index in [1.54, 1.807) is 13.8 Å². The standard InChI is InChI=1S/C7H10O3/c1-5(6(2)8)3-4-7(9)10/h5-6,8H,1-2H3,(H,9,10)/t5-,6+/m1/s1. The predicted octanol–water partition coefficient (Wildman–Crippen LogP) is 0.0913. The summed E-state index contributed by atoms with van der Waals surface area (Å²) in [5.41, 5.74) is 0. The highest BCUT2D eigenvalue weighted by atomic mass is 16.4. The van der Waals surface area contributed by atoms with Crippen LogP contribution in [0.3, 0.4) is 0 Å². The third-order valence-corrected chi connectivity index (χ3v) is 1.13. The molecule has 0 saturated carbocycles. The number of hydrogen-bond acceptors (Lipinski definition) is 2. The second-order valence-electron chi connectivity index (χ2n) is 2.10. The van der Waals surface area contributed by atoms with Gasteiger partial charge in [-0.25, -0.2) is 4.79 Å². The molecule has 0 amide bonds. The fourth-order valence-electron chi connectivity index (χ4n) is 0.296. The summed E-state index contributed by atoms with van der Waals surface area (Å²) in [5.74, 6) is 2.87. The summed E-state index contributed by atoms with van der Waals surface area (Å²) in [6.07, 6.45) is -0.577. The fraction of sp³-hybridized carbons (Fsp3) is 0.571. The van der Waals surface area contributed by atoms with Crippen molar-refractivity contribution < 1.29 is 15.0 Å². The van der Waals surface area contributed by atoms with Gasteiger partial charge in [-0.1, -0.05) is 5.92 Å². The van der Waals surface area contributed by atoms with Gasteiger partial charge in [0, 0.05) is 11.8 Å². The molecule has 0 aliphatic heterocycles. The first kappa shape index (κ1) is 8.99. The van der Waals surface area contributed by atoms with E-state index in [0.717, 1.165) is 0 Å². The largest absolute Gasteiger partial charge is 0.472 e. The van der Waals surface area contributed by atoms with Gasteiger partial charge < -0.3 is 10.2 Å². The maximum absolute atomic E-state index is 9.87. The van der Waals surface area contributed by atoms with Crippen LogP contribution in [0.4, 0.5) is 0 Å². The molecule has 3 nitrogen and oxygen atoms in total. The summed E-state index contributed by atoms with van der Waals surface area (Å²) >= 11 is 0. The van der Waals surface area contributed by atoms with Crippen molar-refractivity contribution in [2.45, 2.75) is 20.0 Å². The molecule has 2 N–H and O–H groups in total. The molecule has 0 fully saturated rings. The SMILES string of the molecule is C[C@H](O)[C@H](C)C#CC(=O)O. The molecule has 0 heterocycles. The number of aliphatic hydroxyl groups is 1. The highest BCUT2D eigenvalue weighted by molar-refractivity contribution is 5.86. The summed E-state index contributed by atoms with van der Waals surface area (Å²) in [6, 6.07) is 0. The second-order valence-corrected chi connectivity index (χ2v) is 2.10. The van der Waals surface area contributed by atoms with Crippen molar-refractivity contribution in [1.82, 2.24) is 0 Å². The zero-order valence-corrected chi connectivity index (χ0v) is 5.96. The number of carboxylic acid groups (broad SMARTS) is 1. The Bertz CT molecular complexity index is 173. The van der Waals surface area contributed by atoms with Gasteiger partial charge in [-0.15, -0.1) is 0 Å². The molecule has 0 bridgehead atoms. The molecule has 2 atom stereocenters. The maximum atomic E-state index is 9.87. The second kappa shape index (κ2) is 3.91. The monoisotopic (exact) mass is 142 g/mol. The average Bonchev–Trinajstić information content (AvgIpc) is 1.82. The van der Waals surface area contributed by atoms with Gasteiger partial charge in [0.15, 0.2) is 0 Å². The zero-order chi connectivity index (χ0) is 8.15. The highest BCUT2D eigenvalue weighted by Crippen LogP contribution is 1.98. The van der Waals surface area contributed by atoms with Crippen LogP contribution in [0, 0.1) is 17.8 Å². The van der Waals surface area contributed by atoms with Gasteiger partial charge in [0.2, 0.25) is 0 Å². The molecule has 10 heavy (non-hydrogen) atoms. The van der Waals surface area contributed by atoms with E-state index in [4.69, 9.17) is 10.2 Å². The van der Waals surface area contributed by atoms with E-state index >= 15 is 0 Å². The molecule has 0 aromatic carbocycles. The molecule has 56 valence electrons. The number of carboxylic acids is 1. The van der Waals surface area contributed by atoms with E-state index in [-0.39, 0.29) is 5.92 Å². The van der Waals surface area contributed by atoms with E-state index in [1.807, 2.05) is 5.92 Å². The van der Waals surface area contributed by atoms with Crippen LogP contribution in [0.15, 0.2) is 0 Å². The minimum absolute atomic E-state index is 0.281. The van der Waals surface area contributed by atoms with Crippen molar-refractivity contribution in [2.24, 2.45) is 5.92 Å². The molecular weight excluding hydrogens is 132 g/mol. The van der Waals surface area contributed by atoms with E-state index in [2.05, 4.69) is 5.92 Å². The van der Waals surface area contributed by atoms with Crippen LogP contribution >= 0.6 is 0 Å². The average molecular weight is 142 g/mol. The third-order valence-electron chi connectivity index (χ3n) is 1.13. The number of carbonyl (C=O) groups is 1. The lowest BCUT2D eigenvalue weighted by atomic mass is 10.1. The first-order chi connectivity index (χ1) is 4.54. The minimum Gasteiger partial charge on any atom is -0.472 e. The Morgan fingerprint density at radius 3 is 2.30 bits per heavy atom. The molecular formula is C7H10O3. The van der Waals surface area contributed by atoms with Gasteiger partial charge in [0.25, 0.3) is 0 Å². The Kier molecular flexibility index (Phi) is 3.52. The molecule has 3 heteroatoms. The van der Waals surface area contributed by atoms with Gasteiger partial charge >= 0.3 is 5.97 Å². The van der Waals surface area contributed by atoms with Crippen LogP contribution in [-0.4, -0.2) is 22.3 Å². The Balaban J connectivity index is 3.92. The van der Waals surface area contributed by atoms with Gasteiger partial charge in [0.05, 0.1) is 6.10 Å². The smallest absolute Gasteiger partial charge is 0.381 e. The van der Waals surface area contributed by atoms with E-state index < -0.39 is 12.1 Å². The first-order valence-electron chi connectivity index (χ1n) is 2.96. The van der Waals surface area contributed by atoms with Gasteiger partial charge in [-0.05, 0) is 13.8 Å². The molecule has 0 aromatic rings. The van der Waals surface area contributed by atoms with Crippen molar-refractivity contribution in [3.8, 4) is 11.8 Å². The van der Waals surface area contributed by atoms with E-state index in [0.29, 0.717) is 0 Å². The van der Waals surface area contributed by atoms with E-state index in [1.165, 1.54) is 0 Å². The number of aliphatic carboxylic acids is 1. The van der Waals surface area contributed by atoms with Crippen molar-refractivity contribution in [1.29, 1.82) is 0 Å². The zero-order valence-electron chi connectivity index (χ0n) is 5.96. The molecule has 0 saturated heterocycles. The molecule has 0 spiro atoms. The Morgan fingerprint density at radius 1 is 1.50 bits per heavy atom. The quantitative estimate of drug-likeness (QED) is 0.510. The van der Waals surface area contributed by atoms with Crippen LogP contribution in [-0.2, 0) is 4.79 Å². The topological polar surface area (TPSA) is 57.5 Å². The van der Waals surface area contributed by atoms with Crippen molar-refractivity contribution in [3.63, 3.8) is 0 Å². The summed E-state index contributed by atoms with van der Waals surface area (Å²) < 4.78 is 0. The predicted molar refractivity (Wildman–Crippen MR) is 36.3 cm³/mol. The minimum atomic E-state index is -1.16. The molecule has 0 rings (SSSR count). The van der Waals surface area contributed by atoms with E-state index in [9.17, 15) is 4.79 Å². The fourth-order valence-corrected chi connectivity index (χ4v) is 0.296. The summed E-state index contributed by atoms with van der Waals surface area (Å²) in [6.45, 7) is 3.24. The molecule has 0 unspecified atom stereocenters. The molecule has 0 aromatic heterocycles. The van der Waals surface area contributed by atoms with Gasteiger partial charge in [-0.2, -0.15) is 0 Å². The molecule has 0 aliphatic rings. The lowest BCUT2D eigenvalue weighted by molar-refractivity contribution is -0.130. The highest BCUT2D eigenvalue weighted by Gasteiger charge is 2.03. The summed E-state index contributed by atoms with van der Waals surface area (Å²) in [4.78, 5) is 9.87.